The third kappa shape index (κ3) is 2.87. The first kappa shape index (κ1) is 13.9. The zero-order chi connectivity index (χ0) is 14.8. The highest BCUT2D eigenvalue weighted by atomic mass is 35.5. The van der Waals surface area contributed by atoms with Gasteiger partial charge in [-0.25, -0.2) is 0 Å². The van der Waals surface area contributed by atoms with E-state index in [0.717, 1.165) is 5.56 Å². The smallest absolute Gasteiger partial charge is 0.204 e. The molecule has 1 heterocycles. The second-order valence-corrected chi connectivity index (χ2v) is 5.31. The van der Waals surface area contributed by atoms with Crippen LogP contribution in [0.1, 0.15) is 0 Å². The zero-order valence-electron chi connectivity index (χ0n) is 10.8. The zero-order valence-corrected chi connectivity index (χ0v) is 12.4. The summed E-state index contributed by atoms with van der Waals surface area (Å²) in [5.74, 6) is 0.828. The van der Waals surface area contributed by atoms with Crippen molar-refractivity contribution in [2.45, 2.75) is 0 Å². The van der Waals surface area contributed by atoms with Crippen LogP contribution in [0.25, 0.3) is 22.6 Å². The molecule has 0 radical (unpaired) electrons. The van der Waals surface area contributed by atoms with Crippen molar-refractivity contribution in [2.75, 3.05) is 0 Å². The lowest BCUT2D eigenvalue weighted by atomic mass is 10.1. The van der Waals surface area contributed by atoms with E-state index in [9.17, 15) is 4.79 Å². The fraction of sp³-hybridized carbons (Fsp3) is 0. The number of hydrogen-bond acceptors (Lipinski definition) is 2. The van der Waals surface area contributed by atoms with Crippen LogP contribution in [0.15, 0.2) is 69.9 Å². The van der Waals surface area contributed by atoms with Gasteiger partial charge in [0.25, 0.3) is 0 Å². The molecule has 0 aliphatic rings. The van der Waals surface area contributed by atoms with Crippen LogP contribution in [-0.4, -0.2) is 0 Å². The minimum absolute atomic E-state index is 0.0667. The Morgan fingerprint density at radius 3 is 2.14 bits per heavy atom. The Labute approximate surface area is 131 Å². The number of hydrogen-bond donors (Lipinski definition) is 0. The van der Waals surface area contributed by atoms with Crippen LogP contribution in [0.4, 0.5) is 0 Å². The van der Waals surface area contributed by atoms with Crippen LogP contribution in [0.3, 0.4) is 0 Å². The molecule has 0 bridgehead atoms. The lowest BCUT2D eigenvalue weighted by Gasteiger charge is -2.07. The maximum absolute atomic E-state index is 12.1. The molecule has 21 heavy (non-hydrogen) atoms. The van der Waals surface area contributed by atoms with E-state index in [2.05, 4.69) is 0 Å². The van der Waals surface area contributed by atoms with Gasteiger partial charge in [0.05, 0.1) is 0 Å². The van der Waals surface area contributed by atoms with Gasteiger partial charge in [-0.1, -0.05) is 53.5 Å². The molecule has 0 N–H and O–H groups in total. The van der Waals surface area contributed by atoms with Gasteiger partial charge in [0, 0.05) is 22.2 Å². The molecule has 3 aromatic rings. The molecule has 0 fully saturated rings. The van der Waals surface area contributed by atoms with Crippen molar-refractivity contribution in [3.8, 4) is 22.6 Å². The van der Waals surface area contributed by atoms with Crippen molar-refractivity contribution in [1.29, 1.82) is 0 Å². The molecule has 104 valence electrons. The van der Waals surface area contributed by atoms with E-state index in [1.807, 2.05) is 30.3 Å². The van der Waals surface area contributed by atoms with Crippen LogP contribution in [0.2, 0.25) is 10.0 Å². The van der Waals surface area contributed by atoms with Gasteiger partial charge in [0.1, 0.15) is 10.8 Å². The number of rotatable bonds is 2. The molecule has 0 unspecified atom stereocenters. The van der Waals surface area contributed by atoms with Gasteiger partial charge in [-0.05, 0) is 24.3 Å². The van der Waals surface area contributed by atoms with Gasteiger partial charge in [0.2, 0.25) is 5.43 Å². The topological polar surface area (TPSA) is 30.2 Å². The Morgan fingerprint density at radius 1 is 0.810 bits per heavy atom. The van der Waals surface area contributed by atoms with E-state index in [-0.39, 0.29) is 10.5 Å². The van der Waals surface area contributed by atoms with Gasteiger partial charge >= 0.3 is 0 Å². The Kier molecular flexibility index (Phi) is 3.82. The molecule has 0 spiro atoms. The summed E-state index contributed by atoms with van der Waals surface area (Å²) >= 11 is 12.0. The second kappa shape index (κ2) is 5.76. The SMILES string of the molecule is O=c1cc(-c2ccccc2)oc(-c2ccc(Cl)cc2)c1Cl. The van der Waals surface area contributed by atoms with E-state index in [1.165, 1.54) is 6.07 Å². The first-order valence-corrected chi connectivity index (χ1v) is 7.06. The third-order valence-corrected chi connectivity index (χ3v) is 3.66. The molecule has 4 heteroatoms. The summed E-state index contributed by atoms with van der Waals surface area (Å²) in [6.07, 6.45) is 0. The summed E-state index contributed by atoms with van der Waals surface area (Å²) in [6.45, 7) is 0. The largest absolute Gasteiger partial charge is 0.454 e. The lowest BCUT2D eigenvalue weighted by molar-refractivity contribution is 0.580. The van der Waals surface area contributed by atoms with Crippen LogP contribution in [0, 0.1) is 0 Å². The summed E-state index contributed by atoms with van der Waals surface area (Å²) in [4.78, 5) is 12.1. The van der Waals surface area contributed by atoms with Crippen molar-refractivity contribution >= 4 is 23.2 Å². The molecular weight excluding hydrogens is 307 g/mol. The summed E-state index contributed by atoms with van der Waals surface area (Å²) in [5.41, 5.74) is 1.26. The molecule has 0 aliphatic heterocycles. The van der Waals surface area contributed by atoms with Gasteiger partial charge < -0.3 is 4.42 Å². The molecule has 0 amide bonds. The highest BCUT2D eigenvalue weighted by molar-refractivity contribution is 6.33. The summed E-state index contributed by atoms with van der Waals surface area (Å²) in [6, 6.07) is 17.8. The summed E-state index contributed by atoms with van der Waals surface area (Å²) < 4.78 is 5.83. The molecule has 3 rings (SSSR count). The maximum atomic E-state index is 12.1. The van der Waals surface area contributed by atoms with Crippen LogP contribution >= 0.6 is 23.2 Å². The molecule has 1 aromatic heterocycles. The third-order valence-electron chi connectivity index (χ3n) is 3.05. The van der Waals surface area contributed by atoms with Gasteiger partial charge in [-0.2, -0.15) is 0 Å². The summed E-state index contributed by atoms with van der Waals surface area (Å²) in [5, 5.41) is 0.674. The normalized spacial score (nSPS) is 10.6. The van der Waals surface area contributed by atoms with E-state index in [0.29, 0.717) is 22.1 Å². The average Bonchev–Trinajstić information content (AvgIpc) is 2.52. The van der Waals surface area contributed by atoms with Gasteiger partial charge in [-0.3, -0.25) is 4.79 Å². The van der Waals surface area contributed by atoms with Gasteiger partial charge in [-0.15, -0.1) is 0 Å². The van der Waals surface area contributed by atoms with E-state index in [4.69, 9.17) is 27.6 Å². The van der Waals surface area contributed by atoms with E-state index < -0.39 is 0 Å². The predicted octanol–water partition coefficient (Wildman–Crippen LogP) is 5.28. The number of benzene rings is 2. The first-order chi connectivity index (χ1) is 10.1. The number of halogens is 2. The van der Waals surface area contributed by atoms with Crippen LogP contribution in [0.5, 0.6) is 0 Å². The van der Waals surface area contributed by atoms with E-state index in [1.54, 1.807) is 24.3 Å². The quantitative estimate of drug-likeness (QED) is 0.643. The standard InChI is InChI=1S/C17H10Cl2O2/c18-13-8-6-12(7-9-13)17-16(19)14(20)10-15(21-17)11-4-2-1-3-5-11/h1-10H. The molecule has 0 saturated carbocycles. The Bertz CT molecular complexity index is 822. The molecular formula is C17H10Cl2O2. The molecule has 0 atom stereocenters. The molecule has 0 saturated heterocycles. The Hall–Kier alpha value is -2.03. The highest BCUT2D eigenvalue weighted by Gasteiger charge is 2.13. The van der Waals surface area contributed by atoms with Crippen molar-refractivity contribution < 1.29 is 4.42 Å². The second-order valence-electron chi connectivity index (χ2n) is 4.49. The van der Waals surface area contributed by atoms with Crippen molar-refractivity contribution in [3.05, 3.63) is 80.9 Å². The van der Waals surface area contributed by atoms with E-state index >= 15 is 0 Å². The van der Waals surface area contributed by atoms with Crippen LogP contribution < -0.4 is 5.43 Å². The Morgan fingerprint density at radius 2 is 1.48 bits per heavy atom. The fourth-order valence-electron chi connectivity index (χ4n) is 2.01. The van der Waals surface area contributed by atoms with Crippen LogP contribution in [-0.2, 0) is 0 Å². The average molecular weight is 317 g/mol. The van der Waals surface area contributed by atoms with Crippen molar-refractivity contribution in [2.24, 2.45) is 0 Å². The maximum Gasteiger partial charge on any atom is 0.204 e. The fourth-order valence-corrected chi connectivity index (χ4v) is 2.34. The van der Waals surface area contributed by atoms with Crippen molar-refractivity contribution in [1.82, 2.24) is 0 Å². The van der Waals surface area contributed by atoms with Crippen molar-refractivity contribution in [3.63, 3.8) is 0 Å². The lowest BCUT2D eigenvalue weighted by Crippen LogP contribution is -2.02. The predicted molar refractivity (Wildman–Crippen MR) is 85.9 cm³/mol. The Balaban J connectivity index is 2.19. The molecule has 0 aliphatic carbocycles. The highest BCUT2D eigenvalue weighted by Crippen LogP contribution is 2.30. The van der Waals surface area contributed by atoms with Gasteiger partial charge in [0.15, 0.2) is 5.76 Å². The monoisotopic (exact) mass is 316 g/mol. The molecule has 2 nitrogen and oxygen atoms in total. The molecule has 2 aromatic carbocycles. The summed E-state index contributed by atoms with van der Waals surface area (Å²) in [7, 11) is 0. The minimum Gasteiger partial charge on any atom is -0.454 e. The minimum atomic E-state index is -0.272. The first-order valence-electron chi connectivity index (χ1n) is 6.30.